The molecule has 0 spiro atoms. The number of carbonyl (C=O) groups excluding carboxylic acids is 1. The highest BCUT2D eigenvalue weighted by atomic mass is 16.6. The van der Waals surface area contributed by atoms with Gasteiger partial charge in [0, 0.05) is 12.6 Å². The van der Waals surface area contributed by atoms with Gasteiger partial charge in [-0.25, -0.2) is 4.79 Å². The van der Waals surface area contributed by atoms with E-state index in [1.165, 1.54) is 12.5 Å². The number of carbonyl (C=O) groups is 2. The summed E-state index contributed by atoms with van der Waals surface area (Å²) in [5, 5.41) is 8.72. The minimum absolute atomic E-state index is 0.0420. The van der Waals surface area contributed by atoms with E-state index in [1.807, 2.05) is 0 Å². The molecule has 0 bridgehead atoms. The minimum Gasteiger partial charge on any atom is -0.481 e. The van der Waals surface area contributed by atoms with Crippen molar-refractivity contribution in [1.29, 1.82) is 0 Å². The van der Waals surface area contributed by atoms with Crippen LogP contribution in [0, 0.1) is 0 Å². The maximum Gasteiger partial charge on any atom is 0.410 e. The fourth-order valence-electron chi connectivity index (χ4n) is 2.24. The van der Waals surface area contributed by atoms with Crippen LogP contribution in [0.2, 0.25) is 0 Å². The monoisotopic (exact) mass is 255 g/mol. The average molecular weight is 255 g/mol. The van der Waals surface area contributed by atoms with Gasteiger partial charge in [0.25, 0.3) is 0 Å². The fraction of sp³-hybridized carbons (Fsp3) is 0.692. The molecule has 18 heavy (non-hydrogen) atoms. The molecule has 0 atom stereocenters. The predicted molar refractivity (Wildman–Crippen MR) is 67.4 cm³/mol. The summed E-state index contributed by atoms with van der Waals surface area (Å²) in [6, 6.07) is 0.121. The maximum absolute atomic E-state index is 11.9. The lowest BCUT2D eigenvalue weighted by atomic mass is 9.94. The normalized spacial score (nSPS) is 16.0. The highest BCUT2D eigenvalue weighted by Gasteiger charge is 2.26. The fourth-order valence-corrected chi connectivity index (χ4v) is 2.24. The van der Waals surface area contributed by atoms with Crippen molar-refractivity contribution < 1.29 is 19.4 Å². The molecule has 0 aromatic heterocycles. The van der Waals surface area contributed by atoms with Gasteiger partial charge in [-0.05, 0) is 12.8 Å². The van der Waals surface area contributed by atoms with Gasteiger partial charge in [0.05, 0.1) is 6.42 Å². The molecule has 0 heterocycles. The minimum atomic E-state index is -0.896. The molecule has 0 radical (unpaired) electrons. The van der Waals surface area contributed by atoms with Crippen molar-refractivity contribution in [3.8, 4) is 0 Å². The van der Waals surface area contributed by atoms with Crippen molar-refractivity contribution in [3.05, 3.63) is 12.7 Å². The van der Waals surface area contributed by atoms with Crippen LogP contribution >= 0.6 is 0 Å². The van der Waals surface area contributed by atoms with Crippen LogP contribution < -0.4 is 0 Å². The first-order chi connectivity index (χ1) is 8.65. The third-order valence-corrected chi connectivity index (χ3v) is 3.14. The summed E-state index contributed by atoms with van der Waals surface area (Å²) in [5.74, 6) is -0.896. The lowest BCUT2D eigenvalue weighted by molar-refractivity contribution is -0.137. The Morgan fingerprint density at radius 2 is 2.00 bits per heavy atom. The number of hydrogen-bond acceptors (Lipinski definition) is 3. The Kier molecular flexibility index (Phi) is 6.25. The van der Waals surface area contributed by atoms with Crippen molar-refractivity contribution in [2.45, 2.75) is 44.6 Å². The molecule has 1 fully saturated rings. The zero-order chi connectivity index (χ0) is 13.4. The number of hydrogen-bond donors (Lipinski definition) is 1. The Morgan fingerprint density at radius 1 is 1.33 bits per heavy atom. The molecule has 1 N–H and O–H groups in total. The molecule has 5 nitrogen and oxygen atoms in total. The molecule has 1 rings (SSSR count). The van der Waals surface area contributed by atoms with Gasteiger partial charge < -0.3 is 14.7 Å². The van der Waals surface area contributed by atoms with E-state index in [2.05, 4.69) is 6.58 Å². The number of carboxylic acid groups (broad SMARTS) is 1. The van der Waals surface area contributed by atoms with Crippen LogP contribution in [0.1, 0.15) is 38.5 Å². The molecule has 0 aromatic carbocycles. The SMILES string of the molecule is C=CCOC(=O)N(CCC(=O)O)C1CCCCC1. The molecule has 102 valence electrons. The zero-order valence-corrected chi connectivity index (χ0v) is 10.6. The number of carboxylic acids is 1. The molecule has 0 aromatic rings. The molecule has 0 saturated heterocycles. The average Bonchev–Trinajstić information content (AvgIpc) is 2.37. The van der Waals surface area contributed by atoms with Gasteiger partial charge in [-0.15, -0.1) is 0 Å². The Morgan fingerprint density at radius 3 is 2.56 bits per heavy atom. The Bertz CT molecular complexity index is 297. The quantitative estimate of drug-likeness (QED) is 0.740. The highest BCUT2D eigenvalue weighted by Crippen LogP contribution is 2.23. The van der Waals surface area contributed by atoms with Gasteiger partial charge >= 0.3 is 12.1 Å². The van der Waals surface area contributed by atoms with E-state index in [4.69, 9.17) is 9.84 Å². The van der Waals surface area contributed by atoms with Gasteiger partial charge in [-0.2, -0.15) is 0 Å². The van der Waals surface area contributed by atoms with Gasteiger partial charge in [-0.3, -0.25) is 4.79 Å². The molecular weight excluding hydrogens is 234 g/mol. The Labute approximate surface area is 107 Å². The van der Waals surface area contributed by atoms with Crippen LogP contribution in [-0.2, 0) is 9.53 Å². The molecule has 1 amide bonds. The summed E-state index contributed by atoms with van der Waals surface area (Å²) < 4.78 is 5.01. The summed E-state index contributed by atoms with van der Waals surface area (Å²) in [4.78, 5) is 24.1. The summed E-state index contributed by atoms with van der Waals surface area (Å²) in [5.41, 5.74) is 0. The van der Waals surface area contributed by atoms with E-state index in [1.54, 1.807) is 4.90 Å². The Hall–Kier alpha value is -1.52. The summed E-state index contributed by atoms with van der Waals surface area (Å²) in [7, 11) is 0. The van der Waals surface area contributed by atoms with Crippen molar-refractivity contribution in [2.24, 2.45) is 0 Å². The predicted octanol–water partition coefficient (Wildman–Crippen LogP) is 2.42. The van der Waals surface area contributed by atoms with Gasteiger partial charge in [0.15, 0.2) is 0 Å². The molecular formula is C13H21NO4. The first-order valence-corrected chi connectivity index (χ1v) is 6.41. The summed E-state index contributed by atoms with van der Waals surface area (Å²) >= 11 is 0. The molecule has 1 saturated carbocycles. The third-order valence-electron chi connectivity index (χ3n) is 3.14. The summed E-state index contributed by atoms with van der Waals surface area (Å²) in [6.07, 6.45) is 6.26. The molecule has 1 aliphatic rings. The first-order valence-electron chi connectivity index (χ1n) is 6.41. The van der Waals surface area contributed by atoms with E-state index >= 15 is 0 Å². The van der Waals surface area contributed by atoms with Crippen molar-refractivity contribution in [2.75, 3.05) is 13.2 Å². The van der Waals surface area contributed by atoms with E-state index in [9.17, 15) is 9.59 Å². The van der Waals surface area contributed by atoms with Crippen LogP contribution in [0.3, 0.4) is 0 Å². The Balaban J connectivity index is 2.57. The topological polar surface area (TPSA) is 66.8 Å². The standard InChI is InChI=1S/C13H21NO4/c1-2-10-18-13(17)14(9-8-12(15)16)11-6-4-3-5-7-11/h2,11H,1,3-10H2,(H,15,16). The lowest BCUT2D eigenvalue weighted by Crippen LogP contribution is -2.43. The van der Waals surface area contributed by atoms with Gasteiger partial charge in [0.2, 0.25) is 0 Å². The number of nitrogens with zero attached hydrogens (tertiary/aromatic N) is 1. The lowest BCUT2D eigenvalue weighted by Gasteiger charge is -2.33. The molecule has 0 aliphatic heterocycles. The van der Waals surface area contributed by atoms with Crippen molar-refractivity contribution in [3.63, 3.8) is 0 Å². The smallest absolute Gasteiger partial charge is 0.410 e. The number of ether oxygens (including phenoxy) is 1. The third kappa shape index (κ3) is 4.77. The van der Waals surface area contributed by atoms with Crippen molar-refractivity contribution >= 4 is 12.1 Å². The number of amides is 1. The van der Waals surface area contributed by atoms with E-state index in [0.29, 0.717) is 0 Å². The van der Waals surface area contributed by atoms with Crippen LogP contribution in [-0.4, -0.2) is 41.3 Å². The van der Waals surface area contributed by atoms with E-state index < -0.39 is 12.1 Å². The van der Waals surface area contributed by atoms with E-state index in [0.717, 1.165) is 25.7 Å². The second-order valence-corrected chi connectivity index (χ2v) is 4.49. The van der Waals surface area contributed by atoms with Crippen LogP contribution in [0.25, 0.3) is 0 Å². The van der Waals surface area contributed by atoms with Crippen LogP contribution in [0.15, 0.2) is 12.7 Å². The number of rotatable bonds is 6. The van der Waals surface area contributed by atoms with Crippen molar-refractivity contribution in [1.82, 2.24) is 4.90 Å². The molecule has 0 unspecified atom stereocenters. The number of aliphatic carboxylic acids is 1. The van der Waals surface area contributed by atoms with E-state index in [-0.39, 0.29) is 25.6 Å². The van der Waals surface area contributed by atoms with Gasteiger partial charge in [0.1, 0.15) is 6.61 Å². The van der Waals surface area contributed by atoms with Crippen LogP contribution in [0.5, 0.6) is 0 Å². The summed E-state index contributed by atoms with van der Waals surface area (Å²) in [6.45, 7) is 3.87. The second kappa shape index (κ2) is 7.74. The highest BCUT2D eigenvalue weighted by molar-refractivity contribution is 5.71. The zero-order valence-electron chi connectivity index (χ0n) is 10.6. The second-order valence-electron chi connectivity index (χ2n) is 4.49. The largest absolute Gasteiger partial charge is 0.481 e. The molecule has 5 heteroatoms. The van der Waals surface area contributed by atoms with Gasteiger partial charge in [-0.1, -0.05) is 31.9 Å². The first kappa shape index (κ1) is 14.5. The molecule has 1 aliphatic carbocycles. The van der Waals surface area contributed by atoms with Crippen LogP contribution in [0.4, 0.5) is 4.79 Å². The maximum atomic E-state index is 11.9.